The number of hydrogen-bond donors (Lipinski definition) is 1. The second-order valence-electron chi connectivity index (χ2n) is 8.21. The molecule has 0 aromatic carbocycles. The van der Waals surface area contributed by atoms with Crippen molar-refractivity contribution in [2.24, 2.45) is 23.2 Å². The quantitative estimate of drug-likeness (QED) is 0.861. The Morgan fingerprint density at radius 1 is 1.20 bits per heavy atom. The van der Waals surface area contributed by atoms with Gasteiger partial charge in [-0.05, 0) is 50.0 Å². The maximum Gasteiger partial charge on any atom is 0.137 e. The van der Waals surface area contributed by atoms with Crippen LogP contribution in [0.1, 0.15) is 52.9 Å². The predicted octanol–water partition coefficient (Wildman–Crippen LogP) is 2.72. The van der Waals surface area contributed by atoms with Crippen LogP contribution in [0.3, 0.4) is 0 Å². The Morgan fingerprint density at radius 3 is 2.40 bits per heavy atom. The van der Waals surface area contributed by atoms with Gasteiger partial charge >= 0.3 is 0 Å². The van der Waals surface area contributed by atoms with E-state index in [-0.39, 0.29) is 12.0 Å². The maximum absolute atomic E-state index is 12.2. The number of ketones is 1. The van der Waals surface area contributed by atoms with Crippen LogP contribution in [-0.4, -0.2) is 42.0 Å². The summed E-state index contributed by atoms with van der Waals surface area (Å²) in [6.07, 6.45) is 4.69. The summed E-state index contributed by atoms with van der Waals surface area (Å²) >= 11 is 0. The third-order valence-corrected chi connectivity index (χ3v) is 5.30. The molecule has 2 fully saturated rings. The lowest BCUT2D eigenvalue weighted by Gasteiger charge is -2.39. The predicted molar refractivity (Wildman–Crippen MR) is 81.5 cm³/mol. The highest BCUT2D eigenvalue weighted by Crippen LogP contribution is 2.39. The van der Waals surface area contributed by atoms with Crippen molar-refractivity contribution in [3.63, 3.8) is 0 Å². The van der Waals surface area contributed by atoms with Crippen molar-refractivity contribution in [3.8, 4) is 0 Å². The van der Waals surface area contributed by atoms with E-state index in [4.69, 9.17) is 0 Å². The molecule has 0 bridgehead atoms. The lowest BCUT2D eigenvalue weighted by Crippen LogP contribution is -2.42. The largest absolute Gasteiger partial charge is 0.393 e. The lowest BCUT2D eigenvalue weighted by atomic mass is 9.68. The van der Waals surface area contributed by atoms with Crippen LogP contribution >= 0.6 is 0 Å². The first kappa shape index (κ1) is 16.0. The van der Waals surface area contributed by atoms with E-state index in [9.17, 15) is 9.90 Å². The van der Waals surface area contributed by atoms with Crippen LogP contribution in [-0.2, 0) is 4.79 Å². The van der Waals surface area contributed by atoms with Gasteiger partial charge in [-0.15, -0.1) is 0 Å². The normalized spacial score (nSPS) is 35.2. The molecule has 2 unspecified atom stereocenters. The number of carbonyl (C=O) groups is 1. The SMILES string of the molecule is CN(CC1CC(O)C1)CC1CC(C(C)(C)C)CCC1=O. The summed E-state index contributed by atoms with van der Waals surface area (Å²) in [6, 6.07) is 0. The number of carbonyl (C=O) groups excluding carboxylic acids is 1. The molecule has 2 aliphatic carbocycles. The van der Waals surface area contributed by atoms with Crippen LogP contribution < -0.4 is 0 Å². The van der Waals surface area contributed by atoms with Crippen LogP contribution in [0.4, 0.5) is 0 Å². The van der Waals surface area contributed by atoms with Crippen molar-refractivity contribution in [2.75, 3.05) is 20.1 Å². The Balaban J connectivity index is 1.82. The van der Waals surface area contributed by atoms with Crippen LogP contribution in [0, 0.1) is 23.2 Å². The molecule has 3 nitrogen and oxygen atoms in total. The molecule has 0 aromatic heterocycles. The molecule has 0 spiro atoms. The number of Topliss-reactive ketones (excluding diaryl/α,β-unsaturated/α-hetero) is 1. The van der Waals surface area contributed by atoms with Crippen LogP contribution in [0.2, 0.25) is 0 Å². The fourth-order valence-electron chi connectivity index (χ4n) is 3.82. The van der Waals surface area contributed by atoms with E-state index in [1.54, 1.807) is 0 Å². The molecular formula is C17H31NO2. The molecule has 0 heterocycles. The zero-order chi connectivity index (χ0) is 14.9. The summed E-state index contributed by atoms with van der Waals surface area (Å²) in [6.45, 7) is 8.82. The van der Waals surface area contributed by atoms with Gasteiger partial charge in [0, 0.05) is 25.4 Å². The van der Waals surface area contributed by atoms with E-state index in [2.05, 4.69) is 32.7 Å². The maximum atomic E-state index is 12.2. The summed E-state index contributed by atoms with van der Waals surface area (Å²) < 4.78 is 0. The Labute approximate surface area is 123 Å². The Bertz CT molecular complexity index is 341. The van der Waals surface area contributed by atoms with Gasteiger partial charge in [-0.2, -0.15) is 0 Å². The molecule has 0 saturated heterocycles. The lowest BCUT2D eigenvalue weighted by molar-refractivity contribution is -0.127. The van der Waals surface area contributed by atoms with E-state index in [0.29, 0.717) is 23.0 Å². The van der Waals surface area contributed by atoms with Crippen LogP contribution in [0.5, 0.6) is 0 Å². The number of nitrogens with zero attached hydrogens (tertiary/aromatic N) is 1. The minimum atomic E-state index is -0.0741. The van der Waals surface area contributed by atoms with Crippen molar-refractivity contribution in [1.82, 2.24) is 4.90 Å². The Kier molecular flexibility index (Phi) is 4.91. The molecule has 3 heteroatoms. The van der Waals surface area contributed by atoms with Gasteiger partial charge in [-0.25, -0.2) is 0 Å². The highest BCUT2D eigenvalue weighted by Gasteiger charge is 2.36. The number of aliphatic hydroxyl groups is 1. The number of hydrogen-bond acceptors (Lipinski definition) is 3. The van der Waals surface area contributed by atoms with Crippen molar-refractivity contribution in [3.05, 3.63) is 0 Å². The second-order valence-corrected chi connectivity index (χ2v) is 8.21. The van der Waals surface area contributed by atoms with Gasteiger partial charge in [0.05, 0.1) is 6.10 Å². The fraction of sp³-hybridized carbons (Fsp3) is 0.941. The average Bonchev–Trinajstić information content (AvgIpc) is 2.28. The second kappa shape index (κ2) is 6.15. The average molecular weight is 281 g/mol. The fourth-order valence-corrected chi connectivity index (χ4v) is 3.82. The number of aliphatic hydroxyl groups excluding tert-OH is 1. The van der Waals surface area contributed by atoms with Gasteiger partial charge in [-0.3, -0.25) is 4.79 Å². The zero-order valence-electron chi connectivity index (χ0n) is 13.6. The van der Waals surface area contributed by atoms with E-state index in [1.807, 2.05) is 0 Å². The van der Waals surface area contributed by atoms with E-state index >= 15 is 0 Å². The topological polar surface area (TPSA) is 40.5 Å². The molecule has 1 N–H and O–H groups in total. The standard InChI is InChI=1S/C17H31NO2/c1-17(2,3)14-5-6-16(20)13(9-14)11-18(4)10-12-7-15(19)8-12/h12-15,19H,5-11H2,1-4H3. The third-order valence-electron chi connectivity index (χ3n) is 5.30. The molecule has 0 radical (unpaired) electrons. The van der Waals surface area contributed by atoms with E-state index < -0.39 is 0 Å². The van der Waals surface area contributed by atoms with Crippen molar-refractivity contribution < 1.29 is 9.90 Å². The molecule has 2 atom stereocenters. The highest BCUT2D eigenvalue weighted by atomic mass is 16.3. The Hall–Kier alpha value is -0.410. The van der Waals surface area contributed by atoms with Gasteiger partial charge in [-0.1, -0.05) is 20.8 Å². The molecule has 0 amide bonds. The molecule has 0 aliphatic heterocycles. The molecule has 20 heavy (non-hydrogen) atoms. The van der Waals surface area contributed by atoms with E-state index in [0.717, 1.165) is 45.2 Å². The molecule has 2 saturated carbocycles. The summed E-state index contributed by atoms with van der Waals surface area (Å²) in [5.74, 6) is 1.99. The summed E-state index contributed by atoms with van der Waals surface area (Å²) in [4.78, 5) is 14.5. The smallest absolute Gasteiger partial charge is 0.137 e. The van der Waals surface area contributed by atoms with Crippen LogP contribution in [0.15, 0.2) is 0 Å². The first-order valence-electron chi connectivity index (χ1n) is 8.15. The van der Waals surface area contributed by atoms with Gasteiger partial charge in [0.2, 0.25) is 0 Å². The molecular weight excluding hydrogens is 250 g/mol. The first-order chi connectivity index (χ1) is 9.25. The molecule has 0 aromatic rings. The molecule has 116 valence electrons. The van der Waals surface area contributed by atoms with E-state index in [1.165, 1.54) is 0 Å². The third kappa shape index (κ3) is 4.05. The van der Waals surface area contributed by atoms with Gasteiger partial charge in [0.25, 0.3) is 0 Å². The van der Waals surface area contributed by atoms with Gasteiger partial charge in [0.1, 0.15) is 5.78 Å². The zero-order valence-corrected chi connectivity index (χ0v) is 13.6. The highest BCUT2D eigenvalue weighted by molar-refractivity contribution is 5.82. The molecule has 2 rings (SSSR count). The number of rotatable bonds is 4. The summed E-state index contributed by atoms with van der Waals surface area (Å²) in [5.41, 5.74) is 0.315. The van der Waals surface area contributed by atoms with Crippen LogP contribution in [0.25, 0.3) is 0 Å². The van der Waals surface area contributed by atoms with Gasteiger partial charge in [0.15, 0.2) is 0 Å². The minimum Gasteiger partial charge on any atom is -0.393 e. The Morgan fingerprint density at radius 2 is 1.85 bits per heavy atom. The summed E-state index contributed by atoms with van der Waals surface area (Å²) in [5, 5.41) is 9.35. The minimum absolute atomic E-state index is 0.0741. The van der Waals surface area contributed by atoms with Gasteiger partial charge < -0.3 is 10.0 Å². The van der Waals surface area contributed by atoms with Crippen molar-refractivity contribution in [2.45, 2.75) is 59.0 Å². The summed E-state index contributed by atoms with van der Waals surface area (Å²) in [7, 11) is 2.12. The first-order valence-corrected chi connectivity index (χ1v) is 8.15. The van der Waals surface area contributed by atoms with Crippen molar-refractivity contribution in [1.29, 1.82) is 0 Å². The monoisotopic (exact) mass is 281 g/mol. The molecule has 2 aliphatic rings. The van der Waals surface area contributed by atoms with Crippen molar-refractivity contribution >= 4 is 5.78 Å².